The van der Waals surface area contributed by atoms with E-state index in [9.17, 15) is 8.42 Å². The normalized spacial score (nSPS) is 11.9. The molecule has 0 radical (unpaired) electrons. The van der Waals surface area contributed by atoms with E-state index in [0.29, 0.717) is 19.0 Å². The van der Waals surface area contributed by atoms with Crippen LogP contribution in [0.5, 0.6) is 0 Å². The molecule has 28 heavy (non-hydrogen) atoms. The molecule has 9 heteroatoms. The fourth-order valence-corrected chi connectivity index (χ4v) is 3.38. The topological polar surface area (TPSA) is 110 Å². The molecule has 0 unspecified atom stereocenters. The first-order chi connectivity index (χ1) is 12.9. The van der Waals surface area contributed by atoms with Crippen LogP contribution in [0.25, 0.3) is 11.0 Å². The van der Waals surface area contributed by atoms with Gasteiger partial charge >= 0.3 is 0 Å². The summed E-state index contributed by atoms with van der Waals surface area (Å²) in [5.41, 5.74) is 2.73. The van der Waals surface area contributed by atoms with E-state index in [2.05, 4.69) is 15.6 Å². The van der Waals surface area contributed by atoms with Gasteiger partial charge < -0.3 is 15.1 Å². The van der Waals surface area contributed by atoms with Crippen LogP contribution in [0.3, 0.4) is 0 Å². The molecule has 0 atom stereocenters. The van der Waals surface area contributed by atoms with Crippen molar-refractivity contribution in [3.05, 3.63) is 65.4 Å². The lowest BCUT2D eigenvalue weighted by molar-refractivity contribution is 0.534. The van der Waals surface area contributed by atoms with Crippen LogP contribution in [0.1, 0.15) is 16.9 Å². The van der Waals surface area contributed by atoms with Gasteiger partial charge in [0.15, 0.2) is 5.96 Å². The SMILES string of the molecule is CN=C(NCc1cccc(S(N)(=O)=O)c1)NCc1oc2ccccc2c1C.I. The molecular formula is C19H23IN4O3S. The summed E-state index contributed by atoms with van der Waals surface area (Å²) < 4.78 is 28.8. The number of hydrogen-bond acceptors (Lipinski definition) is 4. The first-order valence-electron chi connectivity index (χ1n) is 8.42. The molecule has 0 aliphatic carbocycles. The minimum absolute atomic E-state index is 0. The van der Waals surface area contributed by atoms with Gasteiger partial charge in [0.2, 0.25) is 10.0 Å². The molecule has 1 aromatic heterocycles. The van der Waals surface area contributed by atoms with E-state index in [4.69, 9.17) is 9.56 Å². The van der Waals surface area contributed by atoms with Gasteiger partial charge in [-0.2, -0.15) is 0 Å². The standard InChI is InChI=1S/C19H22N4O3S.HI/c1-13-16-8-3-4-9-17(16)26-18(13)12-23-19(21-2)22-11-14-6-5-7-15(10-14)27(20,24)25;/h3-10H,11-12H2,1-2H3,(H2,20,24,25)(H2,21,22,23);1H. The number of halogens is 1. The number of rotatable bonds is 5. The molecule has 4 N–H and O–H groups in total. The Morgan fingerprint density at radius 3 is 2.50 bits per heavy atom. The Morgan fingerprint density at radius 1 is 1.11 bits per heavy atom. The van der Waals surface area contributed by atoms with Gasteiger partial charge in [-0.1, -0.05) is 30.3 Å². The van der Waals surface area contributed by atoms with Gasteiger partial charge in [-0.15, -0.1) is 24.0 Å². The number of primary sulfonamides is 1. The Labute approximate surface area is 181 Å². The van der Waals surface area contributed by atoms with Gasteiger partial charge in [0.1, 0.15) is 11.3 Å². The molecule has 0 amide bonds. The van der Waals surface area contributed by atoms with E-state index in [1.165, 1.54) is 6.07 Å². The molecule has 150 valence electrons. The maximum atomic E-state index is 11.5. The largest absolute Gasteiger partial charge is 0.459 e. The summed E-state index contributed by atoms with van der Waals surface area (Å²) in [7, 11) is -2.05. The lowest BCUT2D eigenvalue weighted by Crippen LogP contribution is -2.36. The highest BCUT2D eigenvalue weighted by molar-refractivity contribution is 14.0. The number of benzene rings is 2. The fraction of sp³-hybridized carbons (Fsp3) is 0.211. The van der Waals surface area contributed by atoms with E-state index in [-0.39, 0.29) is 28.9 Å². The van der Waals surface area contributed by atoms with Crippen molar-refractivity contribution in [1.82, 2.24) is 10.6 Å². The van der Waals surface area contributed by atoms with E-state index < -0.39 is 10.0 Å². The zero-order chi connectivity index (χ0) is 19.4. The summed E-state index contributed by atoms with van der Waals surface area (Å²) in [5.74, 6) is 1.42. The number of nitrogens with one attached hydrogen (secondary N) is 2. The van der Waals surface area contributed by atoms with E-state index in [1.807, 2.05) is 37.3 Å². The van der Waals surface area contributed by atoms with Crippen molar-refractivity contribution in [1.29, 1.82) is 0 Å². The molecule has 0 aliphatic heterocycles. The van der Waals surface area contributed by atoms with Crippen LogP contribution in [-0.2, 0) is 23.1 Å². The highest BCUT2D eigenvalue weighted by Crippen LogP contribution is 2.24. The smallest absolute Gasteiger partial charge is 0.238 e. The highest BCUT2D eigenvalue weighted by atomic mass is 127. The molecule has 0 fully saturated rings. The van der Waals surface area contributed by atoms with E-state index >= 15 is 0 Å². The maximum Gasteiger partial charge on any atom is 0.238 e. The summed E-state index contributed by atoms with van der Waals surface area (Å²) >= 11 is 0. The fourth-order valence-electron chi connectivity index (χ4n) is 2.80. The summed E-state index contributed by atoms with van der Waals surface area (Å²) in [6.45, 7) is 2.91. The summed E-state index contributed by atoms with van der Waals surface area (Å²) in [6, 6.07) is 14.4. The molecule has 0 saturated carbocycles. The average molecular weight is 514 g/mol. The van der Waals surface area contributed by atoms with Crippen molar-refractivity contribution < 1.29 is 12.8 Å². The van der Waals surface area contributed by atoms with Crippen molar-refractivity contribution in [3.8, 4) is 0 Å². The third kappa shape index (κ3) is 5.24. The number of guanidine groups is 1. The molecule has 1 heterocycles. The molecule has 0 bridgehead atoms. The quantitative estimate of drug-likeness (QED) is 0.276. The van der Waals surface area contributed by atoms with E-state index in [0.717, 1.165) is 27.9 Å². The third-order valence-corrected chi connectivity index (χ3v) is 5.18. The molecule has 3 rings (SSSR count). The Bertz CT molecular complexity index is 1090. The average Bonchev–Trinajstić information content (AvgIpc) is 2.98. The second kappa shape index (κ2) is 9.39. The molecule has 0 spiro atoms. The van der Waals surface area contributed by atoms with Gasteiger partial charge in [-0.3, -0.25) is 4.99 Å². The Balaban J connectivity index is 0.00000280. The Morgan fingerprint density at radius 2 is 1.82 bits per heavy atom. The third-order valence-electron chi connectivity index (χ3n) is 4.27. The monoisotopic (exact) mass is 514 g/mol. The number of sulfonamides is 1. The van der Waals surface area contributed by atoms with Gasteiger partial charge in [0.25, 0.3) is 0 Å². The number of nitrogens with zero attached hydrogens (tertiary/aromatic N) is 1. The van der Waals surface area contributed by atoms with Crippen molar-refractivity contribution in [2.45, 2.75) is 24.9 Å². The minimum Gasteiger partial charge on any atom is -0.459 e. The van der Waals surface area contributed by atoms with Crippen LogP contribution in [-0.4, -0.2) is 21.4 Å². The van der Waals surface area contributed by atoms with Gasteiger partial charge in [-0.25, -0.2) is 13.6 Å². The van der Waals surface area contributed by atoms with Gasteiger partial charge in [0.05, 0.1) is 11.4 Å². The number of nitrogens with two attached hydrogens (primary N) is 1. The van der Waals surface area contributed by atoms with Crippen LogP contribution in [0.4, 0.5) is 0 Å². The number of furan rings is 1. The molecular weight excluding hydrogens is 491 g/mol. The van der Waals surface area contributed by atoms with Crippen molar-refractivity contribution in [2.75, 3.05) is 7.05 Å². The second-order valence-corrected chi connectivity index (χ2v) is 7.68. The maximum absolute atomic E-state index is 11.5. The molecule has 0 aliphatic rings. The molecule has 7 nitrogen and oxygen atoms in total. The van der Waals surface area contributed by atoms with Crippen LogP contribution in [0.15, 0.2) is 62.8 Å². The number of aryl methyl sites for hydroxylation is 1. The lowest BCUT2D eigenvalue weighted by atomic mass is 10.1. The minimum atomic E-state index is -3.72. The lowest BCUT2D eigenvalue weighted by Gasteiger charge is -2.12. The molecule has 0 saturated heterocycles. The van der Waals surface area contributed by atoms with Crippen molar-refractivity contribution >= 4 is 50.9 Å². The van der Waals surface area contributed by atoms with Crippen LogP contribution < -0.4 is 15.8 Å². The summed E-state index contributed by atoms with van der Waals surface area (Å²) in [4.78, 5) is 4.27. The van der Waals surface area contributed by atoms with Gasteiger partial charge in [-0.05, 0) is 30.7 Å². The van der Waals surface area contributed by atoms with Crippen molar-refractivity contribution in [2.24, 2.45) is 10.1 Å². The van der Waals surface area contributed by atoms with Gasteiger partial charge in [0, 0.05) is 24.5 Å². The zero-order valence-electron chi connectivity index (χ0n) is 15.6. The Kier molecular flexibility index (Phi) is 7.44. The second-order valence-electron chi connectivity index (χ2n) is 6.12. The van der Waals surface area contributed by atoms with E-state index in [1.54, 1.807) is 19.2 Å². The zero-order valence-corrected chi connectivity index (χ0v) is 18.7. The Hall–Kier alpha value is -2.11. The first-order valence-corrected chi connectivity index (χ1v) is 9.96. The van der Waals surface area contributed by atoms with Crippen LogP contribution in [0, 0.1) is 6.92 Å². The molecule has 2 aromatic carbocycles. The molecule has 3 aromatic rings. The predicted octanol–water partition coefficient (Wildman–Crippen LogP) is 2.87. The number of fused-ring (bicyclic) bond motifs is 1. The van der Waals surface area contributed by atoms with Crippen molar-refractivity contribution in [3.63, 3.8) is 0 Å². The number of hydrogen-bond donors (Lipinski definition) is 3. The first kappa shape index (κ1) is 22.2. The number of aliphatic imine (C=N–C) groups is 1. The summed E-state index contributed by atoms with van der Waals surface area (Å²) in [6.07, 6.45) is 0. The van der Waals surface area contributed by atoms with Crippen LogP contribution in [0.2, 0.25) is 0 Å². The number of para-hydroxylation sites is 1. The highest BCUT2D eigenvalue weighted by Gasteiger charge is 2.11. The van der Waals surface area contributed by atoms with Crippen LogP contribution >= 0.6 is 24.0 Å². The summed E-state index contributed by atoms with van der Waals surface area (Å²) in [5, 5.41) is 12.6. The predicted molar refractivity (Wildman–Crippen MR) is 121 cm³/mol.